The van der Waals surface area contributed by atoms with Crippen molar-refractivity contribution in [1.29, 1.82) is 0 Å². The number of hydrogen-bond acceptors (Lipinski definition) is 3. The maximum atomic E-state index is 6.32. The molecule has 3 heteroatoms. The third-order valence-corrected chi connectivity index (χ3v) is 3.76. The van der Waals surface area contributed by atoms with Crippen LogP contribution in [0.3, 0.4) is 0 Å². The van der Waals surface area contributed by atoms with Gasteiger partial charge in [0, 0.05) is 30.9 Å². The molecule has 0 bridgehead atoms. The van der Waals surface area contributed by atoms with E-state index in [9.17, 15) is 0 Å². The van der Waals surface area contributed by atoms with E-state index in [1.807, 2.05) is 13.0 Å². The van der Waals surface area contributed by atoms with Crippen molar-refractivity contribution < 1.29 is 0 Å². The Labute approximate surface area is 96.7 Å². The van der Waals surface area contributed by atoms with Crippen LogP contribution in [0, 0.1) is 12.8 Å². The second-order valence-electron chi connectivity index (χ2n) is 5.42. The van der Waals surface area contributed by atoms with E-state index in [1.54, 1.807) is 0 Å². The molecule has 0 unspecified atom stereocenters. The molecule has 2 aliphatic rings. The smallest absolute Gasteiger partial charge is 0.0547 e. The van der Waals surface area contributed by atoms with E-state index in [2.05, 4.69) is 22.0 Å². The average molecular weight is 217 g/mol. The molecule has 0 radical (unpaired) electrons. The van der Waals surface area contributed by atoms with Gasteiger partial charge in [-0.1, -0.05) is 6.07 Å². The molecule has 86 valence electrons. The maximum absolute atomic E-state index is 6.32. The van der Waals surface area contributed by atoms with Crippen molar-refractivity contribution in [3.05, 3.63) is 29.6 Å². The molecule has 1 aromatic rings. The Morgan fingerprint density at radius 2 is 2.19 bits per heavy atom. The van der Waals surface area contributed by atoms with Crippen LogP contribution in [0.2, 0.25) is 0 Å². The van der Waals surface area contributed by atoms with Crippen molar-refractivity contribution in [3.8, 4) is 0 Å². The van der Waals surface area contributed by atoms with Gasteiger partial charge in [-0.25, -0.2) is 0 Å². The Morgan fingerprint density at radius 1 is 1.44 bits per heavy atom. The highest BCUT2D eigenvalue weighted by Gasteiger charge is 2.49. The van der Waals surface area contributed by atoms with Crippen LogP contribution in [-0.4, -0.2) is 28.5 Å². The van der Waals surface area contributed by atoms with Crippen molar-refractivity contribution >= 4 is 0 Å². The summed E-state index contributed by atoms with van der Waals surface area (Å²) in [6.07, 6.45) is 2.68. The Kier molecular flexibility index (Phi) is 2.26. The van der Waals surface area contributed by atoms with Crippen LogP contribution < -0.4 is 5.73 Å². The van der Waals surface area contributed by atoms with Crippen molar-refractivity contribution in [1.82, 2.24) is 9.88 Å². The van der Waals surface area contributed by atoms with E-state index in [0.29, 0.717) is 0 Å². The average Bonchev–Trinajstić information content (AvgIpc) is 2.98. The lowest BCUT2D eigenvalue weighted by molar-refractivity contribution is 0.0467. The fraction of sp³-hybridized carbons (Fsp3) is 0.615. The minimum absolute atomic E-state index is 0.129. The topological polar surface area (TPSA) is 42.1 Å². The summed E-state index contributed by atoms with van der Waals surface area (Å²) in [6.45, 7) is 5.09. The monoisotopic (exact) mass is 217 g/mol. The number of hydrogen-bond donors (Lipinski definition) is 1. The molecular weight excluding hydrogens is 198 g/mol. The number of aryl methyl sites for hydroxylation is 1. The minimum Gasteiger partial charge on any atom is -0.323 e. The summed E-state index contributed by atoms with van der Waals surface area (Å²) < 4.78 is 0. The van der Waals surface area contributed by atoms with Crippen molar-refractivity contribution in [2.45, 2.75) is 31.8 Å². The van der Waals surface area contributed by atoms with Gasteiger partial charge in [-0.15, -0.1) is 0 Å². The maximum Gasteiger partial charge on any atom is 0.0547 e. The number of aromatic nitrogens is 1. The second-order valence-corrected chi connectivity index (χ2v) is 5.42. The minimum atomic E-state index is 0.129. The lowest BCUT2D eigenvalue weighted by Gasteiger charge is -2.48. The Morgan fingerprint density at radius 3 is 2.81 bits per heavy atom. The molecule has 0 atom stereocenters. The SMILES string of the molecule is Cc1cccc(CN2CC(N)(C3CC3)C2)n1. The van der Waals surface area contributed by atoms with E-state index < -0.39 is 0 Å². The van der Waals surface area contributed by atoms with Crippen LogP contribution in [0.4, 0.5) is 0 Å². The van der Waals surface area contributed by atoms with Gasteiger partial charge >= 0.3 is 0 Å². The molecule has 16 heavy (non-hydrogen) atoms. The number of likely N-dealkylation sites (tertiary alicyclic amines) is 1. The predicted molar refractivity (Wildman–Crippen MR) is 63.9 cm³/mol. The number of rotatable bonds is 3. The molecule has 1 aromatic heterocycles. The molecule has 1 aliphatic carbocycles. The molecule has 3 rings (SSSR count). The first kappa shape index (κ1) is 10.2. The Bertz CT molecular complexity index is 392. The van der Waals surface area contributed by atoms with Crippen molar-refractivity contribution in [2.75, 3.05) is 13.1 Å². The first-order valence-corrected chi connectivity index (χ1v) is 6.09. The second kappa shape index (κ2) is 3.54. The van der Waals surface area contributed by atoms with Crippen LogP contribution in [-0.2, 0) is 6.54 Å². The first-order chi connectivity index (χ1) is 7.66. The van der Waals surface area contributed by atoms with Crippen LogP contribution >= 0.6 is 0 Å². The molecule has 2 heterocycles. The molecule has 3 nitrogen and oxygen atoms in total. The van der Waals surface area contributed by atoms with E-state index in [4.69, 9.17) is 5.73 Å². The van der Waals surface area contributed by atoms with Crippen molar-refractivity contribution in [3.63, 3.8) is 0 Å². The number of pyridine rings is 1. The van der Waals surface area contributed by atoms with Gasteiger partial charge in [-0.05, 0) is 37.8 Å². The Balaban J connectivity index is 1.58. The summed E-state index contributed by atoms with van der Waals surface area (Å²) in [5, 5.41) is 0. The normalized spacial score (nSPS) is 24.1. The third-order valence-electron chi connectivity index (χ3n) is 3.76. The highest BCUT2D eigenvalue weighted by atomic mass is 15.3. The zero-order valence-corrected chi connectivity index (χ0v) is 9.82. The highest BCUT2D eigenvalue weighted by Crippen LogP contribution is 2.43. The summed E-state index contributed by atoms with van der Waals surface area (Å²) in [7, 11) is 0. The van der Waals surface area contributed by atoms with Gasteiger partial charge in [0.15, 0.2) is 0 Å². The zero-order chi connectivity index (χ0) is 11.2. The van der Waals surface area contributed by atoms with Gasteiger partial charge in [-0.3, -0.25) is 9.88 Å². The van der Waals surface area contributed by atoms with Crippen LogP contribution in [0.15, 0.2) is 18.2 Å². The molecule has 0 spiro atoms. The van der Waals surface area contributed by atoms with Gasteiger partial charge < -0.3 is 5.73 Å². The largest absolute Gasteiger partial charge is 0.323 e. The van der Waals surface area contributed by atoms with Gasteiger partial charge in [-0.2, -0.15) is 0 Å². The van der Waals surface area contributed by atoms with Gasteiger partial charge in [0.25, 0.3) is 0 Å². The molecule has 2 fully saturated rings. The van der Waals surface area contributed by atoms with E-state index in [-0.39, 0.29) is 5.54 Å². The van der Waals surface area contributed by atoms with E-state index in [0.717, 1.165) is 36.9 Å². The van der Waals surface area contributed by atoms with Gasteiger partial charge in [0.2, 0.25) is 0 Å². The van der Waals surface area contributed by atoms with E-state index >= 15 is 0 Å². The molecule has 1 aliphatic heterocycles. The Hall–Kier alpha value is -0.930. The standard InChI is InChI=1S/C13H19N3/c1-10-3-2-4-12(15-10)7-16-8-13(14,9-16)11-5-6-11/h2-4,11H,5-9,14H2,1H3. The van der Waals surface area contributed by atoms with Crippen LogP contribution in [0.5, 0.6) is 0 Å². The van der Waals surface area contributed by atoms with Crippen LogP contribution in [0.25, 0.3) is 0 Å². The zero-order valence-electron chi connectivity index (χ0n) is 9.82. The van der Waals surface area contributed by atoms with E-state index in [1.165, 1.54) is 12.8 Å². The summed E-state index contributed by atoms with van der Waals surface area (Å²) in [5.74, 6) is 0.800. The van der Waals surface area contributed by atoms with Crippen LogP contribution in [0.1, 0.15) is 24.2 Å². The first-order valence-electron chi connectivity index (χ1n) is 6.09. The summed E-state index contributed by atoms with van der Waals surface area (Å²) >= 11 is 0. The molecule has 1 saturated heterocycles. The lowest BCUT2D eigenvalue weighted by Crippen LogP contribution is -2.68. The summed E-state index contributed by atoms with van der Waals surface area (Å²) in [4.78, 5) is 6.92. The quantitative estimate of drug-likeness (QED) is 0.830. The fourth-order valence-corrected chi connectivity index (χ4v) is 2.73. The van der Waals surface area contributed by atoms with Gasteiger partial charge in [0.1, 0.15) is 0 Å². The summed E-state index contributed by atoms with van der Waals surface area (Å²) in [6, 6.07) is 6.21. The van der Waals surface area contributed by atoms with Gasteiger partial charge in [0.05, 0.1) is 5.69 Å². The molecule has 0 aromatic carbocycles. The summed E-state index contributed by atoms with van der Waals surface area (Å²) in [5.41, 5.74) is 8.71. The molecule has 0 amide bonds. The predicted octanol–water partition coefficient (Wildman–Crippen LogP) is 1.31. The molecule has 1 saturated carbocycles. The third kappa shape index (κ3) is 1.85. The molecular formula is C13H19N3. The molecule has 2 N–H and O–H groups in total. The van der Waals surface area contributed by atoms with Crippen molar-refractivity contribution in [2.24, 2.45) is 11.7 Å². The lowest BCUT2D eigenvalue weighted by atomic mass is 9.85. The fourth-order valence-electron chi connectivity index (χ4n) is 2.73. The number of nitrogens with zero attached hydrogens (tertiary/aromatic N) is 2. The number of nitrogens with two attached hydrogens (primary N) is 1. The highest BCUT2D eigenvalue weighted by molar-refractivity contribution is 5.13.